The highest BCUT2D eigenvalue weighted by Crippen LogP contribution is 2.17. The SMILES string of the molecule is CCC(C)C(C)NC(=O)NCC(O)c1cccs1. The molecule has 1 heterocycles. The maximum atomic E-state index is 11.6. The van der Waals surface area contributed by atoms with Crippen molar-refractivity contribution < 1.29 is 9.90 Å². The minimum atomic E-state index is -0.630. The highest BCUT2D eigenvalue weighted by Gasteiger charge is 2.14. The van der Waals surface area contributed by atoms with Crippen LogP contribution in [0.2, 0.25) is 0 Å². The summed E-state index contributed by atoms with van der Waals surface area (Å²) in [5.74, 6) is 0.443. The van der Waals surface area contributed by atoms with E-state index in [2.05, 4.69) is 24.5 Å². The van der Waals surface area contributed by atoms with E-state index >= 15 is 0 Å². The Bertz CT molecular complexity index is 354. The van der Waals surface area contributed by atoms with Gasteiger partial charge in [0.15, 0.2) is 0 Å². The molecule has 0 saturated heterocycles. The molecule has 0 saturated carbocycles. The zero-order valence-electron chi connectivity index (χ0n) is 11.1. The molecule has 0 fully saturated rings. The van der Waals surface area contributed by atoms with E-state index in [1.54, 1.807) is 0 Å². The van der Waals surface area contributed by atoms with Crippen molar-refractivity contribution in [1.29, 1.82) is 0 Å². The van der Waals surface area contributed by atoms with Crippen molar-refractivity contribution in [2.45, 2.75) is 39.3 Å². The molecule has 0 radical (unpaired) electrons. The van der Waals surface area contributed by atoms with Gasteiger partial charge in [-0.25, -0.2) is 4.79 Å². The predicted molar refractivity (Wildman–Crippen MR) is 74.7 cm³/mol. The van der Waals surface area contributed by atoms with Crippen molar-refractivity contribution in [3.63, 3.8) is 0 Å². The summed E-state index contributed by atoms with van der Waals surface area (Å²) in [4.78, 5) is 12.5. The highest BCUT2D eigenvalue weighted by molar-refractivity contribution is 7.10. The Morgan fingerprint density at radius 2 is 2.22 bits per heavy atom. The lowest BCUT2D eigenvalue weighted by Gasteiger charge is -2.20. The van der Waals surface area contributed by atoms with E-state index in [9.17, 15) is 9.90 Å². The lowest BCUT2D eigenvalue weighted by Crippen LogP contribution is -2.44. The summed E-state index contributed by atoms with van der Waals surface area (Å²) in [6.07, 6.45) is 0.397. The van der Waals surface area contributed by atoms with Gasteiger partial charge < -0.3 is 15.7 Å². The van der Waals surface area contributed by atoms with E-state index < -0.39 is 6.10 Å². The largest absolute Gasteiger partial charge is 0.386 e. The van der Waals surface area contributed by atoms with Gasteiger partial charge >= 0.3 is 6.03 Å². The number of rotatable bonds is 6. The van der Waals surface area contributed by atoms with Crippen LogP contribution in [0.25, 0.3) is 0 Å². The van der Waals surface area contributed by atoms with E-state index in [4.69, 9.17) is 0 Å². The summed E-state index contributed by atoms with van der Waals surface area (Å²) >= 11 is 1.48. The standard InChI is InChI=1S/C13H22N2O2S/c1-4-9(2)10(3)15-13(17)14-8-11(16)12-6-5-7-18-12/h5-7,9-11,16H,4,8H2,1-3H3,(H2,14,15,17). The van der Waals surface area contributed by atoms with Crippen molar-refractivity contribution in [2.24, 2.45) is 5.92 Å². The Balaban J connectivity index is 2.29. The summed E-state index contributed by atoms with van der Waals surface area (Å²) in [6.45, 7) is 6.43. The quantitative estimate of drug-likeness (QED) is 0.744. The third kappa shape index (κ3) is 4.66. The second-order valence-electron chi connectivity index (χ2n) is 4.56. The third-order valence-corrected chi connectivity index (χ3v) is 4.16. The molecule has 1 aromatic heterocycles. The van der Waals surface area contributed by atoms with Gasteiger partial charge in [0.2, 0.25) is 0 Å². The smallest absolute Gasteiger partial charge is 0.315 e. The van der Waals surface area contributed by atoms with Gasteiger partial charge in [-0.05, 0) is 24.3 Å². The number of thiophene rings is 1. The van der Waals surface area contributed by atoms with Gasteiger partial charge in [0.05, 0.1) is 6.54 Å². The number of amides is 2. The van der Waals surface area contributed by atoms with Crippen molar-refractivity contribution in [3.8, 4) is 0 Å². The number of nitrogens with one attached hydrogen (secondary N) is 2. The summed E-state index contributed by atoms with van der Waals surface area (Å²) in [6, 6.07) is 3.65. The highest BCUT2D eigenvalue weighted by atomic mass is 32.1. The Morgan fingerprint density at radius 3 is 2.78 bits per heavy atom. The molecule has 1 rings (SSSR count). The normalized spacial score (nSPS) is 15.8. The van der Waals surface area contributed by atoms with Gasteiger partial charge in [0, 0.05) is 10.9 Å². The van der Waals surface area contributed by atoms with Gasteiger partial charge in [-0.3, -0.25) is 0 Å². The Morgan fingerprint density at radius 1 is 1.50 bits per heavy atom. The first-order valence-electron chi connectivity index (χ1n) is 6.30. The van der Waals surface area contributed by atoms with Crippen molar-refractivity contribution >= 4 is 17.4 Å². The van der Waals surface area contributed by atoms with Crippen molar-refractivity contribution in [3.05, 3.63) is 22.4 Å². The van der Waals surface area contributed by atoms with Crippen molar-refractivity contribution in [2.75, 3.05) is 6.54 Å². The van der Waals surface area contributed by atoms with Gasteiger partial charge in [-0.1, -0.05) is 26.3 Å². The molecule has 0 aliphatic heterocycles. The number of hydrogen-bond donors (Lipinski definition) is 3. The van der Waals surface area contributed by atoms with Gasteiger partial charge in [-0.15, -0.1) is 11.3 Å². The average Bonchev–Trinajstić information content (AvgIpc) is 2.88. The van der Waals surface area contributed by atoms with Crippen LogP contribution < -0.4 is 10.6 Å². The fourth-order valence-corrected chi connectivity index (χ4v) is 2.24. The molecular weight excluding hydrogens is 248 g/mol. The molecule has 3 N–H and O–H groups in total. The van der Waals surface area contributed by atoms with Gasteiger partial charge in [0.25, 0.3) is 0 Å². The Kier molecular flexibility index (Phi) is 6.15. The molecule has 5 heteroatoms. The Labute approximate surface area is 112 Å². The lowest BCUT2D eigenvalue weighted by molar-refractivity contribution is 0.175. The number of aliphatic hydroxyl groups excluding tert-OH is 1. The maximum Gasteiger partial charge on any atom is 0.315 e. The van der Waals surface area contributed by atoms with Crippen LogP contribution in [0.4, 0.5) is 4.79 Å². The van der Waals surface area contributed by atoms with Crippen LogP contribution in [-0.4, -0.2) is 23.7 Å². The maximum absolute atomic E-state index is 11.6. The topological polar surface area (TPSA) is 61.4 Å². The molecule has 18 heavy (non-hydrogen) atoms. The Hall–Kier alpha value is -1.07. The van der Waals surface area contributed by atoms with E-state index in [0.717, 1.165) is 11.3 Å². The van der Waals surface area contributed by atoms with Crippen LogP contribution >= 0.6 is 11.3 Å². The minimum absolute atomic E-state index is 0.133. The number of carbonyl (C=O) groups excluding carboxylic acids is 1. The number of urea groups is 1. The van der Waals surface area contributed by atoms with E-state index in [1.807, 2.05) is 24.4 Å². The van der Waals surface area contributed by atoms with Crippen LogP contribution in [0, 0.1) is 5.92 Å². The van der Waals surface area contributed by atoms with E-state index in [0.29, 0.717) is 5.92 Å². The minimum Gasteiger partial charge on any atom is -0.386 e. The predicted octanol–water partition coefficient (Wildman–Crippen LogP) is 2.52. The molecule has 2 amide bonds. The molecule has 102 valence electrons. The molecule has 0 aromatic carbocycles. The zero-order chi connectivity index (χ0) is 13.5. The van der Waals surface area contributed by atoms with Crippen LogP contribution in [0.15, 0.2) is 17.5 Å². The fourth-order valence-electron chi connectivity index (χ4n) is 1.52. The van der Waals surface area contributed by atoms with E-state index in [1.165, 1.54) is 11.3 Å². The number of aliphatic hydroxyl groups is 1. The molecule has 3 unspecified atom stereocenters. The second kappa shape index (κ2) is 7.38. The molecule has 1 aromatic rings. The molecule has 0 aliphatic rings. The molecule has 0 spiro atoms. The monoisotopic (exact) mass is 270 g/mol. The molecule has 0 aliphatic carbocycles. The van der Waals surface area contributed by atoms with E-state index in [-0.39, 0.29) is 18.6 Å². The van der Waals surface area contributed by atoms with Crippen LogP contribution in [0.1, 0.15) is 38.2 Å². The fraction of sp³-hybridized carbons (Fsp3) is 0.615. The lowest BCUT2D eigenvalue weighted by atomic mass is 10.0. The summed E-state index contributed by atoms with van der Waals surface area (Å²) in [7, 11) is 0. The van der Waals surface area contributed by atoms with Crippen molar-refractivity contribution in [1.82, 2.24) is 10.6 Å². The van der Waals surface area contributed by atoms with Crippen LogP contribution in [0.3, 0.4) is 0 Å². The third-order valence-electron chi connectivity index (χ3n) is 3.18. The second-order valence-corrected chi connectivity index (χ2v) is 5.54. The first-order valence-corrected chi connectivity index (χ1v) is 7.18. The number of hydrogen-bond acceptors (Lipinski definition) is 3. The summed E-state index contributed by atoms with van der Waals surface area (Å²) in [5.41, 5.74) is 0. The van der Waals surface area contributed by atoms with Gasteiger partial charge in [-0.2, -0.15) is 0 Å². The first kappa shape index (κ1) is 15.0. The molecule has 3 atom stereocenters. The molecular formula is C13H22N2O2S. The van der Waals surface area contributed by atoms with Crippen LogP contribution in [-0.2, 0) is 0 Å². The summed E-state index contributed by atoms with van der Waals surface area (Å²) in [5, 5.41) is 17.3. The molecule has 4 nitrogen and oxygen atoms in total. The molecule has 0 bridgehead atoms. The van der Waals surface area contributed by atoms with Crippen LogP contribution in [0.5, 0.6) is 0 Å². The first-order chi connectivity index (χ1) is 8.54. The van der Waals surface area contributed by atoms with Gasteiger partial charge in [0.1, 0.15) is 6.10 Å². The zero-order valence-corrected chi connectivity index (χ0v) is 12.0. The number of carbonyl (C=O) groups is 1. The summed E-state index contributed by atoms with van der Waals surface area (Å²) < 4.78 is 0. The average molecular weight is 270 g/mol.